The number of aliphatic carboxylic acids is 2. The lowest BCUT2D eigenvalue weighted by molar-refractivity contribution is -0.159. The van der Waals surface area contributed by atoms with E-state index in [1.807, 2.05) is 30.1 Å². The van der Waals surface area contributed by atoms with Crippen molar-refractivity contribution >= 4 is 17.8 Å². The molecule has 23 heavy (non-hydrogen) atoms. The van der Waals surface area contributed by atoms with E-state index in [-0.39, 0.29) is 5.91 Å². The minimum atomic E-state index is -1.82. The molecule has 0 unspecified atom stereocenters. The summed E-state index contributed by atoms with van der Waals surface area (Å²) in [6.45, 7) is 3.42. The van der Waals surface area contributed by atoms with Gasteiger partial charge in [-0.1, -0.05) is 30.3 Å². The minimum Gasteiger partial charge on any atom is -0.473 e. The van der Waals surface area contributed by atoms with Gasteiger partial charge in [0, 0.05) is 13.6 Å². The van der Waals surface area contributed by atoms with Gasteiger partial charge in [-0.15, -0.1) is 0 Å². The molecular formula is C16H22N2O5. The highest BCUT2D eigenvalue weighted by Crippen LogP contribution is 2.08. The maximum absolute atomic E-state index is 12.0. The van der Waals surface area contributed by atoms with Crippen molar-refractivity contribution in [2.75, 3.05) is 26.7 Å². The van der Waals surface area contributed by atoms with E-state index in [2.05, 4.69) is 17.0 Å². The van der Waals surface area contributed by atoms with Crippen molar-refractivity contribution in [1.29, 1.82) is 0 Å². The average molecular weight is 322 g/mol. The number of hydrogen-bond donors (Lipinski definition) is 2. The van der Waals surface area contributed by atoms with Gasteiger partial charge in [-0.05, 0) is 31.5 Å². The van der Waals surface area contributed by atoms with Crippen LogP contribution in [0.25, 0.3) is 0 Å². The summed E-state index contributed by atoms with van der Waals surface area (Å²) in [4.78, 5) is 34.2. The molecule has 0 radical (unpaired) electrons. The Bertz CT molecular complexity index is 515. The largest absolute Gasteiger partial charge is 0.473 e. The number of carboxylic acids is 2. The number of carbonyl (C=O) groups is 3. The van der Waals surface area contributed by atoms with Crippen molar-refractivity contribution in [3.05, 3.63) is 35.9 Å². The van der Waals surface area contributed by atoms with Crippen LogP contribution in [0.15, 0.2) is 30.3 Å². The molecule has 0 spiro atoms. The Balaban J connectivity index is 0.000000379. The summed E-state index contributed by atoms with van der Waals surface area (Å²) in [6, 6.07) is 10.1. The fourth-order valence-electron chi connectivity index (χ4n) is 2.20. The molecule has 1 fully saturated rings. The lowest BCUT2D eigenvalue weighted by atomic mass is 10.2. The van der Waals surface area contributed by atoms with E-state index in [9.17, 15) is 4.79 Å². The SMILES string of the molecule is CN(Cc1ccccc1)C(=O)CN1CCCC1.O=C(O)C(=O)O. The third kappa shape index (κ3) is 7.42. The van der Waals surface area contributed by atoms with Crippen LogP contribution in [0.3, 0.4) is 0 Å². The second-order valence-corrected chi connectivity index (χ2v) is 5.33. The molecule has 7 heteroatoms. The molecule has 1 aromatic carbocycles. The Kier molecular flexibility index (Phi) is 7.76. The Morgan fingerprint density at radius 1 is 1.04 bits per heavy atom. The first kappa shape index (κ1) is 18.6. The van der Waals surface area contributed by atoms with Gasteiger partial charge >= 0.3 is 11.9 Å². The predicted octanol–water partition coefficient (Wildman–Crippen LogP) is 0.896. The molecule has 1 aromatic rings. The quantitative estimate of drug-likeness (QED) is 0.799. The summed E-state index contributed by atoms with van der Waals surface area (Å²) >= 11 is 0. The molecule has 1 aliphatic rings. The summed E-state index contributed by atoms with van der Waals surface area (Å²) < 4.78 is 0. The lowest BCUT2D eigenvalue weighted by Gasteiger charge is -2.21. The van der Waals surface area contributed by atoms with Gasteiger partial charge in [-0.25, -0.2) is 9.59 Å². The van der Waals surface area contributed by atoms with E-state index < -0.39 is 11.9 Å². The van der Waals surface area contributed by atoms with Gasteiger partial charge in [0.2, 0.25) is 5.91 Å². The van der Waals surface area contributed by atoms with Crippen molar-refractivity contribution in [3.8, 4) is 0 Å². The standard InChI is InChI=1S/C14H20N2O.C2H2O4/c1-15(11-13-7-3-2-4-8-13)14(17)12-16-9-5-6-10-16;3-1(4)2(5)6/h2-4,7-8H,5-6,9-12H2,1H3;(H,3,4)(H,5,6). The van der Waals surface area contributed by atoms with Gasteiger partial charge in [0.1, 0.15) is 0 Å². The van der Waals surface area contributed by atoms with Gasteiger partial charge in [-0.3, -0.25) is 9.69 Å². The molecule has 126 valence electrons. The molecule has 2 rings (SSSR count). The van der Waals surface area contributed by atoms with Crippen LogP contribution >= 0.6 is 0 Å². The third-order valence-electron chi connectivity index (χ3n) is 3.43. The monoisotopic (exact) mass is 322 g/mol. The highest BCUT2D eigenvalue weighted by atomic mass is 16.4. The number of likely N-dealkylation sites (tertiary alicyclic amines) is 1. The van der Waals surface area contributed by atoms with Gasteiger partial charge in [0.15, 0.2) is 0 Å². The molecule has 2 N–H and O–H groups in total. The summed E-state index contributed by atoms with van der Waals surface area (Å²) in [5.74, 6) is -3.43. The molecule has 1 heterocycles. The first-order valence-electron chi connectivity index (χ1n) is 7.36. The fourth-order valence-corrected chi connectivity index (χ4v) is 2.20. The van der Waals surface area contributed by atoms with Crippen LogP contribution in [0.2, 0.25) is 0 Å². The van der Waals surface area contributed by atoms with E-state index in [0.717, 1.165) is 13.1 Å². The molecule has 0 aromatic heterocycles. The number of carbonyl (C=O) groups excluding carboxylic acids is 1. The number of nitrogens with zero attached hydrogens (tertiary/aromatic N) is 2. The summed E-state index contributed by atoms with van der Waals surface area (Å²) in [5, 5.41) is 14.8. The fraction of sp³-hybridized carbons (Fsp3) is 0.438. The number of amides is 1. The molecule has 1 amide bonds. The van der Waals surface area contributed by atoms with E-state index in [4.69, 9.17) is 19.8 Å². The maximum Gasteiger partial charge on any atom is 0.414 e. The van der Waals surface area contributed by atoms with Crippen LogP contribution in [-0.4, -0.2) is 64.5 Å². The van der Waals surface area contributed by atoms with Gasteiger partial charge in [0.25, 0.3) is 0 Å². The topological polar surface area (TPSA) is 98.2 Å². The van der Waals surface area contributed by atoms with E-state index in [1.54, 1.807) is 0 Å². The number of hydrogen-bond acceptors (Lipinski definition) is 4. The third-order valence-corrected chi connectivity index (χ3v) is 3.43. The molecule has 0 saturated carbocycles. The number of benzene rings is 1. The minimum absolute atomic E-state index is 0.218. The van der Waals surface area contributed by atoms with Crippen LogP contribution in [0, 0.1) is 0 Å². The van der Waals surface area contributed by atoms with Crippen LogP contribution in [0.1, 0.15) is 18.4 Å². The maximum atomic E-state index is 12.0. The van der Waals surface area contributed by atoms with Crippen molar-refractivity contribution in [2.45, 2.75) is 19.4 Å². The molecule has 0 bridgehead atoms. The van der Waals surface area contributed by atoms with E-state index in [0.29, 0.717) is 13.1 Å². The van der Waals surface area contributed by atoms with Crippen molar-refractivity contribution in [2.24, 2.45) is 0 Å². The zero-order chi connectivity index (χ0) is 17.2. The van der Waals surface area contributed by atoms with Crippen LogP contribution in [0.5, 0.6) is 0 Å². The molecule has 0 aliphatic carbocycles. The van der Waals surface area contributed by atoms with Crippen LogP contribution in [0.4, 0.5) is 0 Å². The molecular weight excluding hydrogens is 300 g/mol. The summed E-state index contributed by atoms with van der Waals surface area (Å²) in [7, 11) is 1.88. The number of rotatable bonds is 4. The van der Waals surface area contributed by atoms with Gasteiger partial charge < -0.3 is 15.1 Å². The second-order valence-electron chi connectivity index (χ2n) is 5.33. The zero-order valence-electron chi connectivity index (χ0n) is 13.1. The van der Waals surface area contributed by atoms with Crippen LogP contribution < -0.4 is 0 Å². The van der Waals surface area contributed by atoms with Crippen molar-refractivity contribution in [3.63, 3.8) is 0 Å². The highest BCUT2D eigenvalue weighted by Gasteiger charge is 2.17. The summed E-state index contributed by atoms with van der Waals surface area (Å²) in [5.41, 5.74) is 1.18. The zero-order valence-corrected chi connectivity index (χ0v) is 13.1. The van der Waals surface area contributed by atoms with Crippen molar-refractivity contribution < 1.29 is 24.6 Å². The van der Waals surface area contributed by atoms with E-state index >= 15 is 0 Å². The van der Waals surface area contributed by atoms with Crippen molar-refractivity contribution in [1.82, 2.24) is 9.80 Å². The number of carboxylic acid groups (broad SMARTS) is 2. The van der Waals surface area contributed by atoms with Gasteiger partial charge in [-0.2, -0.15) is 0 Å². The molecule has 1 aliphatic heterocycles. The second kappa shape index (κ2) is 9.58. The Hall–Kier alpha value is -2.41. The molecule has 7 nitrogen and oxygen atoms in total. The molecule has 1 saturated heterocycles. The molecule has 0 atom stereocenters. The lowest BCUT2D eigenvalue weighted by Crippen LogP contribution is -2.36. The van der Waals surface area contributed by atoms with E-state index in [1.165, 1.54) is 18.4 Å². The Morgan fingerprint density at radius 2 is 1.57 bits per heavy atom. The van der Waals surface area contributed by atoms with Crippen LogP contribution in [-0.2, 0) is 20.9 Å². The van der Waals surface area contributed by atoms with Gasteiger partial charge in [0.05, 0.1) is 6.54 Å². The smallest absolute Gasteiger partial charge is 0.414 e. The summed E-state index contributed by atoms with van der Waals surface area (Å²) in [6.07, 6.45) is 2.46. The first-order valence-corrected chi connectivity index (χ1v) is 7.36. The number of likely N-dealkylation sites (N-methyl/N-ethyl adjacent to an activating group) is 1. The Labute approximate surface area is 135 Å². The first-order chi connectivity index (χ1) is 10.9. The normalized spacial score (nSPS) is 13.8. The predicted molar refractivity (Wildman–Crippen MR) is 83.9 cm³/mol. The highest BCUT2D eigenvalue weighted by molar-refractivity contribution is 6.27. The average Bonchev–Trinajstić information content (AvgIpc) is 3.01. The Morgan fingerprint density at radius 3 is 2.04 bits per heavy atom.